The van der Waals surface area contributed by atoms with Crippen LogP contribution in [0, 0.1) is 22.6 Å². The minimum absolute atomic E-state index is 0.0258. The van der Waals surface area contributed by atoms with Gasteiger partial charge in [0.05, 0.1) is 32.9 Å². The van der Waals surface area contributed by atoms with E-state index >= 15 is 0 Å². The zero-order chi connectivity index (χ0) is 27.1. The number of hydrazine groups is 2. The van der Waals surface area contributed by atoms with Crippen LogP contribution in [0.4, 0.5) is 15.8 Å². The number of nitriles is 1. The van der Waals surface area contributed by atoms with Crippen LogP contribution in [0.2, 0.25) is 5.02 Å². The van der Waals surface area contributed by atoms with E-state index in [-0.39, 0.29) is 11.2 Å². The van der Waals surface area contributed by atoms with Crippen LogP contribution >= 0.6 is 11.6 Å². The van der Waals surface area contributed by atoms with E-state index in [0.29, 0.717) is 56.7 Å². The molecule has 0 amide bonds. The van der Waals surface area contributed by atoms with Crippen molar-refractivity contribution in [3.63, 3.8) is 0 Å². The zero-order valence-electron chi connectivity index (χ0n) is 21.7. The third kappa shape index (κ3) is 5.11. The summed E-state index contributed by atoms with van der Waals surface area (Å²) in [5.41, 5.74) is 8.74. The van der Waals surface area contributed by atoms with Crippen molar-refractivity contribution < 1.29 is 4.39 Å². The van der Waals surface area contributed by atoms with Crippen molar-refractivity contribution in [2.24, 2.45) is 5.41 Å². The van der Waals surface area contributed by atoms with Gasteiger partial charge in [0.1, 0.15) is 19.7 Å². The summed E-state index contributed by atoms with van der Waals surface area (Å²) < 4.78 is 13.8. The lowest BCUT2D eigenvalue weighted by Gasteiger charge is -2.34. The summed E-state index contributed by atoms with van der Waals surface area (Å²) in [6, 6.07) is 12.4. The molecule has 1 unspecified atom stereocenters. The highest BCUT2D eigenvalue weighted by Crippen LogP contribution is 2.38. The molecule has 10 heteroatoms. The third-order valence-electron chi connectivity index (χ3n) is 7.34. The Morgan fingerprint density at radius 2 is 2.00 bits per heavy atom. The van der Waals surface area contributed by atoms with Crippen molar-refractivity contribution in [2.75, 3.05) is 17.2 Å². The fourth-order valence-electron chi connectivity index (χ4n) is 4.37. The van der Waals surface area contributed by atoms with Gasteiger partial charge < -0.3 is 16.1 Å². The minimum Gasteiger partial charge on any atom is -0.383 e. The predicted molar refractivity (Wildman–Crippen MR) is 151 cm³/mol. The maximum atomic E-state index is 13.8. The number of aromatic nitrogens is 1. The molecule has 1 atom stereocenters. The number of nitrogens with zero attached hydrogens (tertiary/aromatic N) is 3. The second-order valence-electron chi connectivity index (χ2n) is 10.7. The van der Waals surface area contributed by atoms with Crippen molar-refractivity contribution in [3.05, 3.63) is 76.5 Å². The largest absolute Gasteiger partial charge is 0.383 e. The smallest absolute Gasteiger partial charge is 0.123 e. The van der Waals surface area contributed by atoms with Crippen molar-refractivity contribution in [3.8, 4) is 6.07 Å². The molecular formula is C28H30BClFN7. The van der Waals surface area contributed by atoms with Gasteiger partial charge in [-0.1, -0.05) is 44.5 Å². The number of fused-ring (bicyclic) bond motifs is 1. The standard InChI is InChI=1S/C28H30BClFN7/c1-4-27(2,3)16-34-25-17(13-32)14-33-26-22(25)11-20(12-23(26)30)35-28(29,18-5-7-19(31)8-6-18)24-15-38(37-36-24)21-9-10-21/h5-8,11-12,14-15,21,35-37H,4,9-10,16H2,1-3H3,(H,33,34). The summed E-state index contributed by atoms with van der Waals surface area (Å²) in [7, 11) is 7.05. The Morgan fingerprint density at radius 3 is 2.66 bits per heavy atom. The first-order chi connectivity index (χ1) is 18.1. The van der Waals surface area contributed by atoms with E-state index < -0.39 is 5.44 Å². The van der Waals surface area contributed by atoms with E-state index in [9.17, 15) is 9.65 Å². The molecule has 38 heavy (non-hydrogen) atoms. The summed E-state index contributed by atoms with van der Waals surface area (Å²) in [4.78, 5) is 4.46. The van der Waals surface area contributed by atoms with Gasteiger partial charge in [0.25, 0.3) is 0 Å². The summed E-state index contributed by atoms with van der Waals surface area (Å²) >= 11 is 6.72. The molecule has 2 aliphatic rings. The molecule has 2 heterocycles. The first-order valence-corrected chi connectivity index (χ1v) is 13.1. The number of hydrogen-bond acceptors (Lipinski definition) is 7. The number of rotatable bonds is 9. The maximum Gasteiger partial charge on any atom is 0.123 e. The maximum absolute atomic E-state index is 13.8. The molecule has 1 aromatic heterocycles. The van der Waals surface area contributed by atoms with Gasteiger partial charge >= 0.3 is 0 Å². The van der Waals surface area contributed by atoms with E-state index in [1.807, 2.05) is 17.3 Å². The third-order valence-corrected chi connectivity index (χ3v) is 7.63. The van der Waals surface area contributed by atoms with Crippen molar-refractivity contribution >= 4 is 41.7 Å². The highest BCUT2D eigenvalue weighted by atomic mass is 35.5. The Kier molecular flexibility index (Phi) is 6.89. The predicted octanol–water partition coefficient (Wildman–Crippen LogP) is 5.51. The number of nitrogens with one attached hydrogen (secondary N) is 4. The van der Waals surface area contributed by atoms with Crippen LogP contribution in [0.3, 0.4) is 0 Å². The quantitative estimate of drug-likeness (QED) is 0.272. The van der Waals surface area contributed by atoms with Gasteiger partial charge in [0, 0.05) is 36.1 Å². The first kappa shape index (κ1) is 26.1. The molecule has 2 aromatic carbocycles. The SMILES string of the molecule is [B]C(Nc1cc(Cl)c2ncc(C#N)c(NCC(C)(C)CC)c2c1)(C1=CN(C2CC2)NN1)c1ccc(F)cc1. The molecule has 4 N–H and O–H groups in total. The molecule has 1 saturated carbocycles. The number of halogens is 2. The monoisotopic (exact) mass is 529 g/mol. The van der Waals surface area contributed by atoms with E-state index in [2.05, 4.69) is 53.4 Å². The molecule has 7 nitrogen and oxygen atoms in total. The van der Waals surface area contributed by atoms with Gasteiger partial charge in [-0.15, -0.1) is 5.53 Å². The van der Waals surface area contributed by atoms with Crippen LogP contribution in [0.25, 0.3) is 10.9 Å². The van der Waals surface area contributed by atoms with E-state index in [4.69, 9.17) is 19.4 Å². The molecular weight excluding hydrogens is 500 g/mol. The normalized spacial score (nSPS) is 16.9. The molecule has 2 radical (unpaired) electrons. The second-order valence-corrected chi connectivity index (χ2v) is 11.1. The summed E-state index contributed by atoms with van der Waals surface area (Å²) in [6.45, 7) is 7.14. The Bertz CT molecular complexity index is 1430. The Labute approximate surface area is 228 Å². The lowest BCUT2D eigenvalue weighted by Crippen LogP contribution is -2.45. The van der Waals surface area contributed by atoms with Gasteiger partial charge in [0.2, 0.25) is 0 Å². The highest BCUT2D eigenvalue weighted by Gasteiger charge is 2.37. The Morgan fingerprint density at radius 1 is 1.26 bits per heavy atom. The number of benzene rings is 2. The van der Waals surface area contributed by atoms with Crippen LogP contribution < -0.4 is 21.6 Å². The van der Waals surface area contributed by atoms with Crippen LogP contribution in [0.15, 0.2) is 54.5 Å². The van der Waals surface area contributed by atoms with Crippen LogP contribution in [0.5, 0.6) is 0 Å². The molecule has 0 saturated heterocycles. The topological polar surface area (TPSA) is 88.0 Å². The van der Waals surface area contributed by atoms with Gasteiger partial charge in [-0.2, -0.15) is 5.26 Å². The lowest BCUT2D eigenvalue weighted by molar-refractivity contribution is 0.260. The molecule has 0 spiro atoms. The fraction of sp³-hybridized carbons (Fsp3) is 0.357. The zero-order valence-corrected chi connectivity index (χ0v) is 22.5. The van der Waals surface area contributed by atoms with Gasteiger partial charge in [-0.3, -0.25) is 9.99 Å². The number of anilines is 2. The number of hydrogen-bond donors (Lipinski definition) is 4. The molecule has 194 valence electrons. The van der Waals surface area contributed by atoms with Crippen LogP contribution in [-0.2, 0) is 5.44 Å². The fourth-order valence-corrected chi connectivity index (χ4v) is 4.64. The average Bonchev–Trinajstić information content (AvgIpc) is 3.63. The van der Waals surface area contributed by atoms with Crippen molar-refractivity contribution in [1.82, 2.24) is 21.0 Å². The van der Waals surface area contributed by atoms with Crippen molar-refractivity contribution in [2.45, 2.75) is 51.5 Å². The van der Waals surface area contributed by atoms with E-state index in [1.165, 1.54) is 12.1 Å². The minimum atomic E-state index is -1.25. The van der Waals surface area contributed by atoms with Crippen LogP contribution in [-0.4, -0.2) is 30.4 Å². The van der Waals surface area contributed by atoms with Crippen LogP contribution in [0.1, 0.15) is 51.2 Å². The van der Waals surface area contributed by atoms with E-state index in [1.54, 1.807) is 24.4 Å². The Hall–Kier alpha value is -3.48. The first-order valence-electron chi connectivity index (χ1n) is 12.7. The lowest BCUT2D eigenvalue weighted by atomic mass is 9.69. The highest BCUT2D eigenvalue weighted by molar-refractivity contribution is 6.36. The Balaban J connectivity index is 1.59. The number of pyridine rings is 1. The summed E-state index contributed by atoms with van der Waals surface area (Å²) in [6.07, 6.45) is 6.64. The van der Waals surface area contributed by atoms with E-state index in [0.717, 1.165) is 19.3 Å². The molecule has 1 fully saturated rings. The second kappa shape index (κ2) is 10.0. The average molecular weight is 530 g/mol. The molecule has 3 aromatic rings. The van der Waals surface area contributed by atoms with Gasteiger partial charge in [-0.25, -0.2) is 4.39 Å². The summed E-state index contributed by atoms with van der Waals surface area (Å²) in [5.74, 6) is -0.350. The van der Waals surface area contributed by atoms with Gasteiger partial charge in [-0.05, 0) is 54.5 Å². The summed E-state index contributed by atoms with van der Waals surface area (Å²) in [5, 5.41) is 19.8. The van der Waals surface area contributed by atoms with Crippen molar-refractivity contribution in [1.29, 1.82) is 5.26 Å². The molecule has 1 aliphatic carbocycles. The molecule has 1 aliphatic heterocycles. The molecule has 0 bridgehead atoms. The van der Waals surface area contributed by atoms with Gasteiger partial charge in [0.15, 0.2) is 0 Å². The molecule has 5 rings (SSSR count).